The highest BCUT2D eigenvalue weighted by atomic mass is 32.2. The van der Waals surface area contributed by atoms with E-state index in [1.807, 2.05) is 47.4 Å². The molecule has 2 aliphatic heterocycles. The molecule has 4 rings (SSSR count). The van der Waals surface area contributed by atoms with E-state index in [-0.39, 0.29) is 18.1 Å². The largest absolute Gasteiger partial charge is 0.497 e. The van der Waals surface area contributed by atoms with Gasteiger partial charge in [0.15, 0.2) is 11.5 Å². The lowest BCUT2D eigenvalue weighted by Gasteiger charge is -2.24. The first-order chi connectivity index (χ1) is 12.2. The Kier molecular flexibility index (Phi) is 4.44. The number of hydrogen-bond acceptors (Lipinski definition) is 5. The van der Waals surface area contributed by atoms with E-state index in [0.717, 1.165) is 34.9 Å². The lowest BCUT2D eigenvalue weighted by atomic mass is 10.1. The average Bonchev–Trinajstić information content (AvgIpc) is 3.30. The Morgan fingerprint density at radius 3 is 2.80 bits per heavy atom. The summed E-state index contributed by atoms with van der Waals surface area (Å²) in [5.41, 5.74) is 2.07. The lowest BCUT2D eigenvalue weighted by molar-refractivity contribution is -0.130. The van der Waals surface area contributed by atoms with Gasteiger partial charge in [0.2, 0.25) is 12.7 Å². The minimum atomic E-state index is 0.0624. The van der Waals surface area contributed by atoms with Crippen LogP contribution in [0.1, 0.15) is 16.5 Å². The molecule has 1 saturated heterocycles. The predicted octanol–water partition coefficient (Wildman–Crippen LogP) is 3.24. The summed E-state index contributed by atoms with van der Waals surface area (Å²) in [4.78, 5) is 14.8. The number of ether oxygens (including phenoxy) is 3. The second kappa shape index (κ2) is 6.88. The van der Waals surface area contributed by atoms with Gasteiger partial charge in [-0.05, 0) is 35.4 Å². The van der Waals surface area contributed by atoms with Gasteiger partial charge < -0.3 is 19.1 Å². The molecular weight excluding hydrogens is 338 g/mol. The van der Waals surface area contributed by atoms with Crippen LogP contribution in [0.25, 0.3) is 0 Å². The topological polar surface area (TPSA) is 48.0 Å². The molecular formula is C19H19NO4S. The second-order valence-corrected chi connectivity index (χ2v) is 7.14. The Morgan fingerprint density at radius 1 is 1.20 bits per heavy atom. The van der Waals surface area contributed by atoms with Crippen LogP contribution >= 0.6 is 11.8 Å². The molecule has 1 atom stereocenters. The van der Waals surface area contributed by atoms with Gasteiger partial charge in [0.1, 0.15) is 11.1 Å². The zero-order valence-corrected chi connectivity index (χ0v) is 14.8. The molecule has 1 unspecified atom stereocenters. The molecule has 1 fully saturated rings. The highest BCUT2D eigenvalue weighted by Gasteiger charge is 2.30. The first kappa shape index (κ1) is 16.1. The van der Waals surface area contributed by atoms with Gasteiger partial charge >= 0.3 is 0 Å². The van der Waals surface area contributed by atoms with Crippen molar-refractivity contribution in [3.63, 3.8) is 0 Å². The number of methoxy groups -OCH3 is 1. The molecule has 0 saturated carbocycles. The Balaban J connectivity index is 1.48. The summed E-state index contributed by atoms with van der Waals surface area (Å²) in [5, 5.41) is 0.0624. The summed E-state index contributed by atoms with van der Waals surface area (Å²) in [7, 11) is 1.65. The minimum Gasteiger partial charge on any atom is -0.497 e. The number of thioether (sulfide) groups is 1. The highest BCUT2D eigenvalue weighted by molar-refractivity contribution is 7.99. The molecule has 0 N–H and O–H groups in total. The molecule has 0 spiro atoms. The molecule has 0 bridgehead atoms. The van der Waals surface area contributed by atoms with Gasteiger partial charge in [-0.25, -0.2) is 0 Å². The van der Waals surface area contributed by atoms with Gasteiger partial charge in [0.05, 0.1) is 13.5 Å². The maximum Gasteiger partial charge on any atom is 0.231 e. The zero-order chi connectivity index (χ0) is 17.2. The Morgan fingerprint density at radius 2 is 2.00 bits per heavy atom. The summed E-state index contributed by atoms with van der Waals surface area (Å²) in [6, 6.07) is 13.6. The lowest BCUT2D eigenvalue weighted by Crippen LogP contribution is -2.31. The molecule has 0 aliphatic carbocycles. The van der Waals surface area contributed by atoms with Crippen LogP contribution in [0, 0.1) is 0 Å². The van der Waals surface area contributed by atoms with Gasteiger partial charge in [0, 0.05) is 12.3 Å². The zero-order valence-electron chi connectivity index (χ0n) is 13.9. The van der Waals surface area contributed by atoms with Crippen LogP contribution in [0.2, 0.25) is 0 Å². The van der Waals surface area contributed by atoms with E-state index in [4.69, 9.17) is 14.2 Å². The molecule has 5 nitrogen and oxygen atoms in total. The molecule has 0 aromatic heterocycles. The summed E-state index contributed by atoms with van der Waals surface area (Å²) >= 11 is 1.80. The fraction of sp³-hybridized carbons (Fsp3) is 0.316. The summed E-state index contributed by atoms with van der Waals surface area (Å²) in [5.74, 6) is 3.36. The van der Waals surface area contributed by atoms with Gasteiger partial charge in [0.25, 0.3) is 0 Å². The summed E-state index contributed by atoms with van der Waals surface area (Å²) in [6.07, 6.45) is 0.365. The molecule has 2 aromatic rings. The molecule has 2 aromatic carbocycles. The van der Waals surface area contributed by atoms with Crippen molar-refractivity contribution in [3.05, 3.63) is 53.6 Å². The smallest absolute Gasteiger partial charge is 0.231 e. The number of fused-ring (bicyclic) bond motifs is 1. The number of benzene rings is 2. The predicted molar refractivity (Wildman–Crippen MR) is 96.2 cm³/mol. The number of hydrogen-bond donors (Lipinski definition) is 0. The van der Waals surface area contributed by atoms with Crippen LogP contribution in [0.4, 0.5) is 0 Å². The van der Waals surface area contributed by atoms with E-state index in [0.29, 0.717) is 12.2 Å². The van der Waals surface area contributed by atoms with Crippen molar-refractivity contribution in [2.24, 2.45) is 0 Å². The SMILES string of the molecule is COc1ccc(C2SCCN2C(=O)Cc2ccc3c(c2)OCO3)cc1. The normalized spacial score (nSPS) is 18.4. The van der Waals surface area contributed by atoms with Crippen LogP contribution in [-0.2, 0) is 11.2 Å². The fourth-order valence-electron chi connectivity index (χ4n) is 3.10. The van der Waals surface area contributed by atoms with Crippen LogP contribution in [0.15, 0.2) is 42.5 Å². The van der Waals surface area contributed by atoms with E-state index in [2.05, 4.69) is 0 Å². The van der Waals surface area contributed by atoms with Crippen molar-refractivity contribution < 1.29 is 19.0 Å². The quantitative estimate of drug-likeness (QED) is 0.841. The highest BCUT2D eigenvalue weighted by Crippen LogP contribution is 2.39. The van der Waals surface area contributed by atoms with E-state index in [1.54, 1.807) is 18.9 Å². The summed E-state index contributed by atoms with van der Waals surface area (Å²) in [6.45, 7) is 1.01. The maximum absolute atomic E-state index is 12.8. The third-order valence-corrected chi connectivity index (χ3v) is 5.67. The van der Waals surface area contributed by atoms with Crippen LogP contribution in [0.3, 0.4) is 0 Å². The molecule has 0 radical (unpaired) electrons. The molecule has 25 heavy (non-hydrogen) atoms. The number of carbonyl (C=O) groups is 1. The van der Waals surface area contributed by atoms with Gasteiger partial charge in [-0.2, -0.15) is 0 Å². The second-order valence-electron chi connectivity index (χ2n) is 5.95. The first-order valence-electron chi connectivity index (χ1n) is 8.18. The van der Waals surface area contributed by atoms with Gasteiger partial charge in [-0.3, -0.25) is 4.79 Å². The van der Waals surface area contributed by atoms with Crippen molar-refractivity contribution >= 4 is 17.7 Å². The molecule has 130 valence electrons. The molecule has 6 heteroatoms. The Hall–Kier alpha value is -2.34. The van der Waals surface area contributed by atoms with Gasteiger partial charge in [-0.1, -0.05) is 18.2 Å². The van der Waals surface area contributed by atoms with E-state index in [1.165, 1.54) is 0 Å². The van der Waals surface area contributed by atoms with Crippen molar-refractivity contribution in [2.45, 2.75) is 11.8 Å². The fourth-order valence-corrected chi connectivity index (χ4v) is 4.38. The molecule has 2 aliphatic rings. The van der Waals surface area contributed by atoms with Gasteiger partial charge in [-0.15, -0.1) is 11.8 Å². The van der Waals surface area contributed by atoms with Crippen molar-refractivity contribution in [1.82, 2.24) is 4.90 Å². The minimum absolute atomic E-state index is 0.0624. The van der Waals surface area contributed by atoms with Crippen LogP contribution in [0.5, 0.6) is 17.2 Å². The maximum atomic E-state index is 12.8. The third-order valence-electron chi connectivity index (χ3n) is 4.40. The van der Waals surface area contributed by atoms with E-state index in [9.17, 15) is 4.79 Å². The van der Waals surface area contributed by atoms with Crippen molar-refractivity contribution in [2.75, 3.05) is 26.2 Å². The molecule has 1 amide bonds. The number of nitrogens with zero attached hydrogens (tertiary/aromatic N) is 1. The molecule has 2 heterocycles. The van der Waals surface area contributed by atoms with Crippen LogP contribution < -0.4 is 14.2 Å². The first-order valence-corrected chi connectivity index (χ1v) is 9.23. The standard InChI is InChI=1S/C19H19NO4S/c1-22-15-5-3-14(4-6-15)19-20(8-9-25-19)18(21)11-13-2-7-16-17(10-13)24-12-23-16/h2-7,10,19H,8-9,11-12H2,1H3. The average molecular weight is 357 g/mol. The number of rotatable bonds is 4. The van der Waals surface area contributed by atoms with Crippen molar-refractivity contribution in [1.29, 1.82) is 0 Å². The number of carbonyl (C=O) groups excluding carboxylic acids is 1. The van der Waals surface area contributed by atoms with E-state index < -0.39 is 0 Å². The Labute approximate surface area is 150 Å². The van der Waals surface area contributed by atoms with Crippen LogP contribution in [-0.4, -0.2) is 37.0 Å². The van der Waals surface area contributed by atoms with Crippen molar-refractivity contribution in [3.8, 4) is 17.2 Å². The number of amides is 1. The van der Waals surface area contributed by atoms with E-state index >= 15 is 0 Å². The monoisotopic (exact) mass is 357 g/mol. The summed E-state index contributed by atoms with van der Waals surface area (Å²) < 4.78 is 15.9. The Bertz CT molecular complexity index is 777. The third kappa shape index (κ3) is 3.26.